The monoisotopic (exact) mass is 415 g/mol. The van der Waals surface area contributed by atoms with Gasteiger partial charge in [0.05, 0.1) is 10.9 Å². The minimum absolute atomic E-state index is 0.0484. The smallest absolute Gasteiger partial charge is 0.259 e. The summed E-state index contributed by atoms with van der Waals surface area (Å²) in [6.45, 7) is 0. The molecule has 1 heterocycles. The molecule has 112 valence electrons. The summed E-state index contributed by atoms with van der Waals surface area (Å²) in [5.74, 6) is -0.172. The molecule has 5 nitrogen and oxygen atoms in total. The Morgan fingerprint density at radius 1 is 1.17 bits per heavy atom. The first-order valence-corrected chi connectivity index (χ1v) is 7.77. The molecule has 2 aromatic carbocycles. The third-order valence-corrected chi connectivity index (χ3v) is 4.04. The lowest BCUT2D eigenvalue weighted by Crippen LogP contribution is -2.11. The highest BCUT2D eigenvalue weighted by atomic mass is 127. The van der Waals surface area contributed by atoms with Gasteiger partial charge in [-0.2, -0.15) is 5.26 Å². The van der Waals surface area contributed by atoms with Crippen LogP contribution in [0.4, 0.5) is 0 Å². The zero-order chi connectivity index (χ0) is 16.4. The summed E-state index contributed by atoms with van der Waals surface area (Å²) in [5, 5.41) is 20.2. The minimum atomic E-state index is -0.353. The standard InChI is InChI=1S/C17H10IN3O2/c18-11-7-5-10(6-8-11)15(22)13(9-19)16-20-14-4-2-1-3-12(14)17(23)21-16/h1-8,22H,(H,20,21,23). The number of aliphatic hydroxyl groups excluding tert-OH is 1. The molecule has 0 aliphatic carbocycles. The number of nitrogens with one attached hydrogen (secondary N) is 1. The summed E-state index contributed by atoms with van der Waals surface area (Å²) < 4.78 is 1.01. The summed E-state index contributed by atoms with van der Waals surface area (Å²) in [6.07, 6.45) is 0. The van der Waals surface area contributed by atoms with Crippen LogP contribution in [-0.4, -0.2) is 15.1 Å². The van der Waals surface area contributed by atoms with Crippen molar-refractivity contribution < 1.29 is 5.11 Å². The van der Waals surface area contributed by atoms with Crippen molar-refractivity contribution in [1.29, 1.82) is 5.26 Å². The lowest BCUT2D eigenvalue weighted by atomic mass is 10.1. The first-order valence-electron chi connectivity index (χ1n) is 6.69. The van der Waals surface area contributed by atoms with E-state index in [9.17, 15) is 15.2 Å². The Morgan fingerprint density at radius 2 is 1.87 bits per heavy atom. The molecule has 0 saturated heterocycles. The molecule has 3 aromatic rings. The van der Waals surface area contributed by atoms with Crippen LogP contribution in [0, 0.1) is 14.9 Å². The number of halogens is 1. The molecule has 0 aliphatic rings. The van der Waals surface area contributed by atoms with Crippen LogP contribution < -0.4 is 5.56 Å². The van der Waals surface area contributed by atoms with E-state index < -0.39 is 0 Å². The highest BCUT2D eigenvalue weighted by Crippen LogP contribution is 2.22. The normalized spacial score (nSPS) is 11.8. The van der Waals surface area contributed by atoms with Crippen LogP contribution in [0.5, 0.6) is 0 Å². The fourth-order valence-electron chi connectivity index (χ4n) is 2.17. The van der Waals surface area contributed by atoms with Gasteiger partial charge < -0.3 is 10.1 Å². The highest BCUT2D eigenvalue weighted by molar-refractivity contribution is 14.1. The lowest BCUT2D eigenvalue weighted by molar-refractivity contribution is 0.513. The SMILES string of the molecule is N#CC(=C(O)c1ccc(I)cc1)c1nc2ccccc2c(=O)[nH]1. The Balaban J connectivity index is 2.22. The molecule has 3 rings (SSSR count). The van der Waals surface area contributed by atoms with Gasteiger partial charge in [-0.05, 0) is 46.9 Å². The van der Waals surface area contributed by atoms with Gasteiger partial charge in [-0.1, -0.05) is 24.3 Å². The zero-order valence-corrected chi connectivity index (χ0v) is 13.9. The lowest BCUT2D eigenvalue weighted by Gasteiger charge is -2.05. The van der Waals surface area contributed by atoms with Gasteiger partial charge in [-0.15, -0.1) is 0 Å². The van der Waals surface area contributed by atoms with E-state index in [1.807, 2.05) is 18.2 Å². The number of H-pyrrole nitrogens is 1. The molecule has 23 heavy (non-hydrogen) atoms. The zero-order valence-electron chi connectivity index (χ0n) is 11.7. The highest BCUT2D eigenvalue weighted by Gasteiger charge is 2.14. The van der Waals surface area contributed by atoms with Gasteiger partial charge in [0.25, 0.3) is 5.56 Å². The predicted octanol–water partition coefficient (Wildman–Crippen LogP) is 3.48. The number of hydrogen-bond donors (Lipinski definition) is 2. The van der Waals surface area contributed by atoms with Gasteiger partial charge in [-0.3, -0.25) is 4.79 Å². The van der Waals surface area contributed by atoms with Gasteiger partial charge in [0.15, 0.2) is 5.82 Å². The summed E-state index contributed by atoms with van der Waals surface area (Å²) in [4.78, 5) is 18.9. The second kappa shape index (κ2) is 6.22. The molecule has 0 spiro atoms. The Bertz CT molecular complexity index is 1010. The number of allylic oxidation sites excluding steroid dienone is 1. The Hall–Kier alpha value is -2.66. The molecule has 0 saturated carbocycles. The molecule has 0 unspecified atom stereocenters. The number of fused-ring (bicyclic) bond motifs is 1. The number of para-hydroxylation sites is 1. The number of nitrogens with zero attached hydrogens (tertiary/aromatic N) is 2. The molecular weight excluding hydrogens is 405 g/mol. The van der Waals surface area contributed by atoms with Crippen molar-refractivity contribution in [3.8, 4) is 6.07 Å². The van der Waals surface area contributed by atoms with Crippen molar-refractivity contribution in [2.45, 2.75) is 0 Å². The van der Waals surface area contributed by atoms with Crippen LogP contribution >= 0.6 is 22.6 Å². The number of nitriles is 1. The quantitative estimate of drug-likeness (QED) is 0.381. The van der Waals surface area contributed by atoms with E-state index in [-0.39, 0.29) is 22.7 Å². The maximum absolute atomic E-state index is 12.1. The van der Waals surface area contributed by atoms with Crippen LogP contribution in [0.1, 0.15) is 11.4 Å². The third kappa shape index (κ3) is 2.96. The van der Waals surface area contributed by atoms with Crippen LogP contribution in [0.25, 0.3) is 22.2 Å². The first kappa shape index (κ1) is 15.2. The van der Waals surface area contributed by atoms with Crippen molar-refractivity contribution in [3.05, 3.63) is 73.8 Å². The van der Waals surface area contributed by atoms with Gasteiger partial charge in [0.2, 0.25) is 0 Å². The van der Waals surface area contributed by atoms with E-state index in [1.165, 1.54) is 0 Å². The minimum Gasteiger partial charge on any atom is -0.506 e. The summed E-state index contributed by atoms with van der Waals surface area (Å²) in [7, 11) is 0. The molecule has 6 heteroatoms. The fraction of sp³-hybridized carbons (Fsp3) is 0. The van der Waals surface area contributed by atoms with Crippen molar-refractivity contribution in [2.24, 2.45) is 0 Å². The summed E-state index contributed by atoms with van der Waals surface area (Å²) in [5.41, 5.74) is 0.523. The second-order valence-corrected chi connectivity index (χ2v) is 6.02. The number of aromatic nitrogens is 2. The maximum Gasteiger partial charge on any atom is 0.259 e. The molecule has 1 aromatic heterocycles. The molecule has 0 bridgehead atoms. The Kier molecular flexibility index (Phi) is 4.12. The first-order chi connectivity index (χ1) is 11.1. The van der Waals surface area contributed by atoms with Gasteiger partial charge in [0.1, 0.15) is 17.4 Å². The van der Waals surface area contributed by atoms with Gasteiger partial charge in [-0.25, -0.2) is 4.98 Å². The molecular formula is C17H10IN3O2. The van der Waals surface area contributed by atoms with E-state index in [0.29, 0.717) is 16.5 Å². The van der Waals surface area contributed by atoms with Gasteiger partial charge in [0, 0.05) is 9.13 Å². The fourth-order valence-corrected chi connectivity index (χ4v) is 2.53. The van der Waals surface area contributed by atoms with Crippen LogP contribution in [0.15, 0.2) is 53.3 Å². The molecule has 0 amide bonds. The average molecular weight is 415 g/mol. The van der Waals surface area contributed by atoms with E-state index in [0.717, 1.165) is 3.57 Å². The van der Waals surface area contributed by atoms with Crippen molar-refractivity contribution in [2.75, 3.05) is 0 Å². The average Bonchev–Trinajstić information content (AvgIpc) is 2.56. The van der Waals surface area contributed by atoms with Crippen molar-refractivity contribution in [1.82, 2.24) is 9.97 Å². The predicted molar refractivity (Wildman–Crippen MR) is 96.6 cm³/mol. The molecule has 0 aliphatic heterocycles. The molecule has 0 fully saturated rings. The summed E-state index contributed by atoms with van der Waals surface area (Å²) in [6, 6.07) is 15.8. The van der Waals surface area contributed by atoms with E-state index >= 15 is 0 Å². The Morgan fingerprint density at radius 3 is 2.57 bits per heavy atom. The topological polar surface area (TPSA) is 89.8 Å². The largest absolute Gasteiger partial charge is 0.506 e. The number of hydrogen-bond acceptors (Lipinski definition) is 4. The van der Waals surface area contributed by atoms with Crippen LogP contribution in [0.3, 0.4) is 0 Å². The van der Waals surface area contributed by atoms with Crippen molar-refractivity contribution >= 4 is 44.8 Å². The number of rotatable bonds is 2. The van der Waals surface area contributed by atoms with E-state index in [4.69, 9.17) is 0 Å². The van der Waals surface area contributed by atoms with E-state index in [1.54, 1.807) is 36.4 Å². The van der Waals surface area contributed by atoms with Crippen molar-refractivity contribution in [3.63, 3.8) is 0 Å². The Labute approximate surface area is 145 Å². The molecule has 2 N–H and O–H groups in total. The number of aliphatic hydroxyl groups is 1. The van der Waals surface area contributed by atoms with E-state index in [2.05, 4.69) is 32.6 Å². The molecule has 0 atom stereocenters. The molecule has 0 radical (unpaired) electrons. The summed E-state index contributed by atoms with van der Waals surface area (Å²) >= 11 is 2.15. The maximum atomic E-state index is 12.1. The third-order valence-electron chi connectivity index (χ3n) is 3.32. The second-order valence-electron chi connectivity index (χ2n) is 4.77. The van der Waals surface area contributed by atoms with Gasteiger partial charge >= 0.3 is 0 Å². The van der Waals surface area contributed by atoms with Crippen LogP contribution in [0.2, 0.25) is 0 Å². The van der Waals surface area contributed by atoms with Crippen LogP contribution in [-0.2, 0) is 0 Å². The number of aromatic amines is 1. The number of benzene rings is 2.